The maximum absolute atomic E-state index is 12.6. The zero-order chi connectivity index (χ0) is 18.5. The van der Waals surface area contributed by atoms with E-state index in [1.165, 1.54) is 36.4 Å². The summed E-state index contributed by atoms with van der Waals surface area (Å²) in [6.45, 7) is 1.04. The SMILES string of the molecule is CN(C)CCCNS(=O)(=O)c1cccc(S(=O)(=O)c2ccccc2)c1. The first-order chi connectivity index (χ1) is 11.7. The first-order valence-electron chi connectivity index (χ1n) is 7.78. The number of sulfone groups is 1. The van der Waals surface area contributed by atoms with Gasteiger partial charge in [-0.25, -0.2) is 21.6 Å². The Morgan fingerprint density at radius 3 is 2.08 bits per heavy atom. The molecule has 0 spiro atoms. The standard InChI is InChI=1S/C17H22N2O4S2/c1-19(2)13-7-12-18-25(22,23)17-11-6-10-16(14-17)24(20,21)15-8-4-3-5-9-15/h3-6,8-11,14,18H,7,12-13H2,1-2H3. The van der Waals surface area contributed by atoms with Crippen LogP contribution >= 0.6 is 0 Å². The highest BCUT2D eigenvalue weighted by atomic mass is 32.2. The van der Waals surface area contributed by atoms with Gasteiger partial charge in [0.2, 0.25) is 19.9 Å². The summed E-state index contributed by atoms with van der Waals surface area (Å²) in [6.07, 6.45) is 0.661. The summed E-state index contributed by atoms with van der Waals surface area (Å²) in [4.78, 5) is 1.98. The molecular weight excluding hydrogens is 360 g/mol. The molecule has 136 valence electrons. The fourth-order valence-electron chi connectivity index (χ4n) is 2.23. The summed E-state index contributed by atoms with van der Waals surface area (Å²) in [5, 5.41) is 0. The molecule has 2 aromatic rings. The minimum absolute atomic E-state index is 0.0464. The summed E-state index contributed by atoms with van der Waals surface area (Å²) in [5.41, 5.74) is 0. The summed E-state index contributed by atoms with van der Waals surface area (Å²) < 4.78 is 52.5. The zero-order valence-electron chi connectivity index (χ0n) is 14.2. The minimum atomic E-state index is -3.76. The number of benzene rings is 2. The van der Waals surface area contributed by atoms with Crippen LogP contribution in [-0.2, 0) is 19.9 Å². The Kier molecular flexibility index (Phi) is 6.34. The largest absolute Gasteiger partial charge is 0.309 e. The van der Waals surface area contributed by atoms with Crippen LogP contribution in [0.3, 0.4) is 0 Å². The van der Waals surface area contributed by atoms with Gasteiger partial charge in [0.15, 0.2) is 0 Å². The lowest BCUT2D eigenvalue weighted by Gasteiger charge is -2.11. The Bertz CT molecular complexity index is 909. The summed E-state index contributed by atoms with van der Waals surface area (Å²) >= 11 is 0. The van der Waals surface area contributed by atoms with E-state index >= 15 is 0 Å². The van der Waals surface area contributed by atoms with Crippen molar-refractivity contribution in [3.05, 3.63) is 54.6 Å². The molecular formula is C17H22N2O4S2. The smallest absolute Gasteiger partial charge is 0.240 e. The molecule has 2 rings (SSSR count). The molecule has 0 aliphatic heterocycles. The Labute approximate surface area is 149 Å². The number of hydrogen-bond acceptors (Lipinski definition) is 5. The quantitative estimate of drug-likeness (QED) is 0.703. The zero-order valence-corrected chi connectivity index (χ0v) is 15.8. The summed E-state index contributed by atoms with van der Waals surface area (Å²) in [5.74, 6) is 0. The van der Waals surface area contributed by atoms with Crippen molar-refractivity contribution in [2.45, 2.75) is 21.1 Å². The van der Waals surface area contributed by atoms with E-state index < -0.39 is 19.9 Å². The van der Waals surface area contributed by atoms with Crippen LogP contribution in [0.1, 0.15) is 6.42 Å². The van der Waals surface area contributed by atoms with Crippen LogP contribution in [0.5, 0.6) is 0 Å². The lowest BCUT2D eigenvalue weighted by Crippen LogP contribution is -2.27. The van der Waals surface area contributed by atoms with Crippen LogP contribution in [0.2, 0.25) is 0 Å². The molecule has 0 bridgehead atoms. The van der Waals surface area contributed by atoms with Gasteiger partial charge >= 0.3 is 0 Å². The predicted molar refractivity (Wildman–Crippen MR) is 96.7 cm³/mol. The molecule has 0 unspecified atom stereocenters. The molecule has 0 fully saturated rings. The molecule has 0 amide bonds. The van der Waals surface area contributed by atoms with Crippen molar-refractivity contribution >= 4 is 19.9 Å². The van der Waals surface area contributed by atoms with E-state index in [4.69, 9.17) is 0 Å². The van der Waals surface area contributed by atoms with Crippen LogP contribution in [0.15, 0.2) is 69.3 Å². The Balaban J connectivity index is 2.24. The van der Waals surface area contributed by atoms with Crippen LogP contribution in [0.25, 0.3) is 0 Å². The molecule has 1 N–H and O–H groups in total. The molecule has 2 aromatic carbocycles. The van der Waals surface area contributed by atoms with Crippen molar-refractivity contribution in [3.8, 4) is 0 Å². The monoisotopic (exact) mass is 382 g/mol. The van der Waals surface area contributed by atoms with E-state index in [9.17, 15) is 16.8 Å². The number of sulfonamides is 1. The van der Waals surface area contributed by atoms with Crippen LogP contribution in [-0.4, -0.2) is 48.9 Å². The van der Waals surface area contributed by atoms with Gasteiger partial charge in [0, 0.05) is 6.54 Å². The maximum Gasteiger partial charge on any atom is 0.240 e. The number of nitrogens with zero attached hydrogens (tertiary/aromatic N) is 1. The average Bonchev–Trinajstić information content (AvgIpc) is 2.59. The van der Waals surface area contributed by atoms with Gasteiger partial charge in [-0.3, -0.25) is 0 Å². The van der Waals surface area contributed by atoms with E-state index in [1.807, 2.05) is 19.0 Å². The molecule has 6 nitrogen and oxygen atoms in total. The van der Waals surface area contributed by atoms with Crippen molar-refractivity contribution in [2.75, 3.05) is 27.2 Å². The van der Waals surface area contributed by atoms with Gasteiger partial charge in [-0.15, -0.1) is 0 Å². The predicted octanol–water partition coefficient (Wildman–Crippen LogP) is 1.75. The second kappa shape index (κ2) is 8.09. The molecule has 0 aliphatic rings. The molecule has 8 heteroatoms. The van der Waals surface area contributed by atoms with Crippen molar-refractivity contribution < 1.29 is 16.8 Å². The number of rotatable bonds is 8. The molecule has 0 saturated heterocycles. The van der Waals surface area contributed by atoms with Gasteiger partial charge < -0.3 is 4.90 Å². The second-order valence-electron chi connectivity index (χ2n) is 5.85. The fourth-order valence-corrected chi connectivity index (χ4v) is 4.75. The van der Waals surface area contributed by atoms with E-state index in [-0.39, 0.29) is 21.2 Å². The van der Waals surface area contributed by atoms with Gasteiger partial charge in [0.25, 0.3) is 0 Å². The minimum Gasteiger partial charge on any atom is -0.309 e. The Morgan fingerprint density at radius 2 is 1.44 bits per heavy atom. The van der Waals surface area contributed by atoms with Crippen LogP contribution in [0.4, 0.5) is 0 Å². The Hall–Kier alpha value is -1.74. The van der Waals surface area contributed by atoms with E-state index in [2.05, 4.69) is 4.72 Å². The van der Waals surface area contributed by atoms with E-state index in [1.54, 1.807) is 18.2 Å². The van der Waals surface area contributed by atoms with Gasteiger partial charge in [-0.1, -0.05) is 24.3 Å². The lowest BCUT2D eigenvalue weighted by atomic mass is 10.4. The highest BCUT2D eigenvalue weighted by Gasteiger charge is 2.21. The average molecular weight is 383 g/mol. The van der Waals surface area contributed by atoms with Crippen molar-refractivity contribution in [3.63, 3.8) is 0 Å². The maximum atomic E-state index is 12.6. The summed E-state index contributed by atoms with van der Waals surface area (Å²) in [7, 11) is -3.69. The van der Waals surface area contributed by atoms with Crippen molar-refractivity contribution in [2.24, 2.45) is 0 Å². The van der Waals surface area contributed by atoms with Crippen LogP contribution < -0.4 is 4.72 Å². The number of hydrogen-bond donors (Lipinski definition) is 1. The first-order valence-corrected chi connectivity index (χ1v) is 10.7. The number of nitrogens with one attached hydrogen (secondary N) is 1. The Morgan fingerprint density at radius 1 is 0.840 bits per heavy atom. The first kappa shape index (κ1) is 19.6. The third kappa shape index (κ3) is 5.12. The highest BCUT2D eigenvalue weighted by molar-refractivity contribution is 7.91. The highest BCUT2D eigenvalue weighted by Crippen LogP contribution is 2.22. The van der Waals surface area contributed by atoms with Gasteiger partial charge in [-0.05, 0) is 57.4 Å². The van der Waals surface area contributed by atoms with Gasteiger partial charge in [0.1, 0.15) is 0 Å². The molecule has 25 heavy (non-hydrogen) atoms. The lowest BCUT2D eigenvalue weighted by molar-refractivity contribution is 0.400. The third-order valence-electron chi connectivity index (χ3n) is 3.55. The molecule has 0 radical (unpaired) electrons. The fraction of sp³-hybridized carbons (Fsp3) is 0.294. The topological polar surface area (TPSA) is 83.6 Å². The van der Waals surface area contributed by atoms with E-state index in [0.717, 1.165) is 6.54 Å². The normalized spacial score (nSPS) is 12.4. The summed E-state index contributed by atoms with van der Waals surface area (Å²) in [6, 6.07) is 13.3. The van der Waals surface area contributed by atoms with Gasteiger partial charge in [0.05, 0.1) is 14.7 Å². The van der Waals surface area contributed by atoms with E-state index in [0.29, 0.717) is 6.42 Å². The van der Waals surface area contributed by atoms with Crippen molar-refractivity contribution in [1.29, 1.82) is 0 Å². The van der Waals surface area contributed by atoms with Crippen LogP contribution in [0, 0.1) is 0 Å². The molecule has 0 saturated carbocycles. The molecule has 0 aliphatic carbocycles. The second-order valence-corrected chi connectivity index (χ2v) is 9.56. The molecule has 0 atom stereocenters. The van der Waals surface area contributed by atoms with Crippen molar-refractivity contribution in [1.82, 2.24) is 9.62 Å². The molecule has 0 aromatic heterocycles. The van der Waals surface area contributed by atoms with Gasteiger partial charge in [-0.2, -0.15) is 0 Å². The third-order valence-corrected chi connectivity index (χ3v) is 6.78. The molecule has 0 heterocycles.